The fourth-order valence-corrected chi connectivity index (χ4v) is 2.06. The van der Waals surface area contributed by atoms with Crippen LogP contribution < -0.4 is 0 Å². The van der Waals surface area contributed by atoms with Gasteiger partial charge in [0.05, 0.1) is 5.56 Å². The van der Waals surface area contributed by atoms with Crippen LogP contribution in [0.15, 0.2) is 29.4 Å². The van der Waals surface area contributed by atoms with Gasteiger partial charge in [0.25, 0.3) is 0 Å². The fourth-order valence-electron chi connectivity index (χ4n) is 1.89. The minimum absolute atomic E-state index is 0. The third kappa shape index (κ3) is 7.70. The number of hydrogen-bond acceptors (Lipinski definition) is 4. The van der Waals surface area contributed by atoms with Crippen molar-refractivity contribution in [3.8, 4) is 0 Å². The molecule has 0 aromatic heterocycles. The third-order valence-electron chi connectivity index (χ3n) is 3.20. The number of hydrogen-bond donors (Lipinski definition) is 1. The lowest BCUT2D eigenvalue weighted by atomic mass is 10.1. The average Bonchev–Trinajstić information content (AvgIpc) is 2.51. The minimum atomic E-state index is -4.45. The van der Waals surface area contributed by atoms with Crippen LogP contribution in [0.2, 0.25) is 0 Å². The lowest BCUT2D eigenvalue weighted by molar-refractivity contribution is -0.137. The molecule has 0 spiro atoms. The molecule has 0 saturated carbocycles. The van der Waals surface area contributed by atoms with Crippen LogP contribution in [-0.2, 0) is 11.0 Å². The van der Waals surface area contributed by atoms with Crippen molar-refractivity contribution in [3.63, 3.8) is 0 Å². The number of halogens is 5. The van der Waals surface area contributed by atoms with Gasteiger partial charge in [-0.05, 0) is 25.2 Å². The summed E-state index contributed by atoms with van der Waals surface area (Å²) in [6.45, 7) is 5.86. The lowest BCUT2D eigenvalue weighted by Gasteiger charge is -2.20. The van der Waals surface area contributed by atoms with Crippen molar-refractivity contribution >= 4 is 29.2 Å². The first kappa shape index (κ1) is 23.0. The maximum absolute atomic E-state index is 12.6. The van der Waals surface area contributed by atoms with E-state index in [0.717, 1.165) is 25.2 Å². The number of alkyl halides is 3. The first-order valence-electron chi connectivity index (χ1n) is 7.21. The average molecular weight is 389 g/mol. The molecule has 9 heteroatoms. The van der Waals surface area contributed by atoms with Crippen LogP contribution in [0.4, 0.5) is 13.2 Å². The fraction of sp³-hybridized carbons (Fsp3) is 0.533. The number of oxime groups is 1. The standard InChI is InChI=1S/C15H20ClF3N2O2.ClH/c1-3-21(4-2)9-13(22)10-23-20-14(16)11-6-5-7-12(8-11)15(17,18)19;/h5-8,13,22H,3-4,9-10H2,1-2H3;1H. The third-order valence-corrected chi connectivity index (χ3v) is 3.49. The zero-order chi connectivity index (χ0) is 17.5. The molecule has 0 aliphatic rings. The van der Waals surface area contributed by atoms with Crippen molar-refractivity contribution in [1.29, 1.82) is 0 Å². The molecule has 1 unspecified atom stereocenters. The molecule has 0 bridgehead atoms. The van der Waals surface area contributed by atoms with Crippen LogP contribution in [0, 0.1) is 0 Å². The molecule has 4 nitrogen and oxygen atoms in total. The van der Waals surface area contributed by atoms with Gasteiger partial charge >= 0.3 is 6.18 Å². The van der Waals surface area contributed by atoms with Crippen molar-refractivity contribution < 1.29 is 23.1 Å². The van der Waals surface area contributed by atoms with E-state index in [1.54, 1.807) is 0 Å². The van der Waals surface area contributed by atoms with Gasteiger partial charge in [0.15, 0.2) is 5.17 Å². The predicted molar refractivity (Wildman–Crippen MR) is 90.8 cm³/mol. The van der Waals surface area contributed by atoms with Gasteiger partial charge in [-0.25, -0.2) is 0 Å². The molecule has 0 saturated heterocycles. The summed E-state index contributed by atoms with van der Waals surface area (Å²) in [7, 11) is 0. The SMILES string of the molecule is CCN(CC)CC(O)CON=C(Cl)c1cccc(C(F)(F)F)c1.Cl. The van der Waals surface area contributed by atoms with E-state index >= 15 is 0 Å². The van der Waals surface area contributed by atoms with E-state index in [1.165, 1.54) is 12.1 Å². The molecule has 1 atom stereocenters. The van der Waals surface area contributed by atoms with E-state index in [-0.39, 0.29) is 29.7 Å². The van der Waals surface area contributed by atoms with Crippen LogP contribution in [0.5, 0.6) is 0 Å². The molecule has 0 aliphatic heterocycles. The van der Waals surface area contributed by atoms with E-state index < -0.39 is 17.8 Å². The Morgan fingerprint density at radius 2 is 1.96 bits per heavy atom. The second-order valence-electron chi connectivity index (χ2n) is 4.90. The van der Waals surface area contributed by atoms with Gasteiger partial charge in [0.1, 0.15) is 12.7 Å². The monoisotopic (exact) mass is 388 g/mol. The summed E-state index contributed by atoms with van der Waals surface area (Å²) in [5.74, 6) is 0. The maximum Gasteiger partial charge on any atom is 0.416 e. The van der Waals surface area contributed by atoms with Gasteiger partial charge in [-0.2, -0.15) is 13.2 Å². The van der Waals surface area contributed by atoms with E-state index in [2.05, 4.69) is 5.16 Å². The van der Waals surface area contributed by atoms with Gasteiger partial charge < -0.3 is 14.8 Å². The summed E-state index contributed by atoms with van der Waals surface area (Å²) in [5, 5.41) is 13.1. The molecule has 1 N–H and O–H groups in total. The van der Waals surface area contributed by atoms with E-state index in [9.17, 15) is 18.3 Å². The Bertz CT molecular complexity index is 524. The maximum atomic E-state index is 12.6. The summed E-state index contributed by atoms with van der Waals surface area (Å²) in [6, 6.07) is 4.48. The molecule has 0 amide bonds. The molecule has 0 heterocycles. The van der Waals surface area contributed by atoms with Crippen molar-refractivity contribution in [1.82, 2.24) is 4.90 Å². The molecule has 1 rings (SSSR count). The zero-order valence-corrected chi connectivity index (χ0v) is 15.0. The number of aliphatic hydroxyl groups is 1. The number of rotatable bonds is 8. The van der Waals surface area contributed by atoms with Gasteiger partial charge in [0.2, 0.25) is 0 Å². The van der Waals surface area contributed by atoms with E-state index in [4.69, 9.17) is 16.4 Å². The van der Waals surface area contributed by atoms with Crippen LogP contribution in [0.25, 0.3) is 0 Å². The Hall–Kier alpha value is -1.02. The summed E-state index contributed by atoms with van der Waals surface area (Å²) in [6.07, 6.45) is -5.21. The highest BCUT2D eigenvalue weighted by Gasteiger charge is 2.30. The highest BCUT2D eigenvalue weighted by Crippen LogP contribution is 2.29. The molecule has 0 radical (unpaired) electrons. The van der Waals surface area contributed by atoms with Crippen LogP contribution in [-0.4, -0.2) is 47.5 Å². The molecule has 0 fully saturated rings. The van der Waals surface area contributed by atoms with Gasteiger partial charge in [-0.15, -0.1) is 12.4 Å². The number of benzene rings is 1. The Balaban J connectivity index is 0.00000529. The first-order chi connectivity index (χ1) is 10.8. The molecule has 1 aromatic carbocycles. The summed E-state index contributed by atoms with van der Waals surface area (Å²) in [4.78, 5) is 6.93. The number of likely N-dealkylation sites (N-methyl/N-ethyl adjacent to an activating group) is 1. The summed E-state index contributed by atoms with van der Waals surface area (Å²) >= 11 is 5.84. The Kier molecular flexibility index (Phi) is 10.3. The molecule has 24 heavy (non-hydrogen) atoms. The normalized spacial score (nSPS) is 13.6. The Morgan fingerprint density at radius 1 is 1.33 bits per heavy atom. The molecular weight excluding hydrogens is 368 g/mol. The quantitative estimate of drug-likeness (QED) is 0.544. The molecule has 138 valence electrons. The van der Waals surface area contributed by atoms with Crippen LogP contribution in [0.1, 0.15) is 25.0 Å². The topological polar surface area (TPSA) is 45.1 Å². The largest absolute Gasteiger partial charge is 0.416 e. The second-order valence-corrected chi connectivity index (χ2v) is 5.25. The first-order valence-corrected chi connectivity index (χ1v) is 7.59. The molecule has 1 aromatic rings. The smallest absolute Gasteiger partial charge is 0.392 e. The summed E-state index contributed by atoms with van der Waals surface area (Å²) < 4.78 is 37.9. The minimum Gasteiger partial charge on any atom is -0.392 e. The molecule has 0 aliphatic carbocycles. The van der Waals surface area contributed by atoms with Crippen molar-refractivity contribution in [2.75, 3.05) is 26.2 Å². The molecular formula is C15H21Cl2F3N2O2. The summed E-state index contributed by atoms with van der Waals surface area (Å²) in [5.41, 5.74) is -0.718. The predicted octanol–water partition coefficient (Wildman–Crippen LogP) is 3.75. The lowest BCUT2D eigenvalue weighted by Crippen LogP contribution is -2.34. The van der Waals surface area contributed by atoms with Gasteiger partial charge in [-0.3, -0.25) is 0 Å². The van der Waals surface area contributed by atoms with Crippen LogP contribution in [0.3, 0.4) is 0 Å². The van der Waals surface area contributed by atoms with E-state index in [0.29, 0.717) is 6.54 Å². The van der Waals surface area contributed by atoms with Gasteiger partial charge in [0, 0.05) is 12.1 Å². The zero-order valence-electron chi connectivity index (χ0n) is 13.4. The number of nitrogens with zero attached hydrogens (tertiary/aromatic N) is 2. The van der Waals surface area contributed by atoms with Crippen LogP contribution >= 0.6 is 24.0 Å². The van der Waals surface area contributed by atoms with Crippen molar-refractivity contribution in [3.05, 3.63) is 35.4 Å². The van der Waals surface area contributed by atoms with Gasteiger partial charge in [-0.1, -0.05) is 42.7 Å². The Morgan fingerprint density at radius 3 is 2.50 bits per heavy atom. The van der Waals surface area contributed by atoms with Crippen molar-refractivity contribution in [2.24, 2.45) is 5.16 Å². The van der Waals surface area contributed by atoms with Crippen molar-refractivity contribution in [2.45, 2.75) is 26.1 Å². The Labute approximate surface area is 150 Å². The number of aliphatic hydroxyl groups excluding tert-OH is 1. The second kappa shape index (κ2) is 10.8. The highest BCUT2D eigenvalue weighted by atomic mass is 35.5. The highest BCUT2D eigenvalue weighted by molar-refractivity contribution is 6.69. The van der Waals surface area contributed by atoms with E-state index in [1.807, 2.05) is 18.7 Å².